The molecule has 0 atom stereocenters. The number of esters is 1. The van der Waals surface area contributed by atoms with Gasteiger partial charge in [0.15, 0.2) is 0 Å². The third kappa shape index (κ3) is 4.83. The second kappa shape index (κ2) is 6.82. The summed E-state index contributed by atoms with van der Waals surface area (Å²) in [6.07, 6.45) is 0.699. The Bertz CT molecular complexity index is 562. The normalized spacial score (nSPS) is 12.0. The molecule has 0 aliphatic carbocycles. The Morgan fingerprint density at radius 3 is 2.36 bits per heavy atom. The van der Waals surface area contributed by atoms with Crippen molar-refractivity contribution in [1.82, 2.24) is 4.90 Å². The van der Waals surface area contributed by atoms with E-state index in [0.717, 1.165) is 15.6 Å². The van der Waals surface area contributed by atoms with Crippen LogP contribution in [0.15, 0.2) is 22.7 Å². The van der Waals surface area contributed by atoms with Gasteiger partial charge in [0.05, 0.1) is 0 Å². The molecule has 0 N–H and O–H groups in total. The second-order valence-electron chi connectivity index (χ2n) is 6.87. The van der Waals surface area contributed by atoms with Crippen molar-refractivity contribution in [3.05, 3.63) is 33.8 Å². The van der Waals surface area contributed by atoms with E-state index in [1.165, 1.54) is 4.90 Å². The van der Waals surface area contributed by atoms with Gasteiger partial charge in [0.25, 0.3) is 0 Å². The minimum Gasteiger partial charge on any atom is -0.458 e. The van der Waals surface area contributed by atoms with Crippen molar-refractivity contribution in [3.8, 4) is 0 Å². The smallest absolute Gasteiger partial charge is 0.332 e. The van der Waals surface area contributed by atoms with Crippen molar-refractivity contribution >= 4 is 28.3 Å². The zero-order valence-corrected chi connectivity index (χ0v) is 15.7. The Morgan fingerprint density at radius 1 is 1.27 bits per heavy atom. The van der Waals surface area contributed by atoms with Crippen molar-refractivity contribution in [2.24, 2.45) is 0 Å². The molecule has 0 saturated carbocycles. The largest absolute Gasteiger partial charge is 0.458 e. The summed E-state index contributed by atoms with van der Waals surface area (Å²) >= 11 is 3.43. The lowest BCUT2D eigenvalue weighted by molar-refractivity contribution is -0.169. The monoisotopic (exact) mass is 369 g/mol. The number of benzene rings is 1. The van der Waals surface area contributed by atoms with E-state index in [1.807, 2.05) is 45.9 Å². The van der Waals surface area contributed by atoms with Gasteiger partial charge in [0.1, 0.15) is 11.1 Å². The van der Waals surface area contributed by atoms with E-state index in [-0.39, 0.29) is 0 Å². The first-order chi connectivity index (χ1) is 9.97. The van der Waals surface area contributed by atoms with E-state index in [9.17, 15) is 9.59 Å². The zero-order chi connectivity index (χ0) is 17.1. The Labute approximate surface area is 141 Å². The van der Waals surface area contributed by atoms with E-state index in [0.29, 0.717) is 13.0 Å². The van der Waals surface area contributed by atoms with Crippen molar-refractivity contribution in [3.63, 3.8) is 0 Å². The molecule has 1 aromatic rings. The summed E-state index contributed by atoms with van der Waals surface area (Å²) in [6.45, 7) is 11.2. The number of carbonyl (C=O) groups is 2. The standard InChI is InChI=1S/C17H24BrNO3/c1-12-7-8-14(18)9-13(12)10-19(11-20)17(5,6)15(21)22-16(2,3)4/h7-9,11H,10H2,1-6H3. The average Bonchev–Trinajstić information content (AvgIpc) is 2.37. The molecule has 0 saturated heterocycles. The molecule has 1 amide bonds. The minimum absolute atomic E-state index is 0.348. The molecule has 1 aromatic carbocycles. The van der Waals surface area contributed by atoms with Gasteiger partial charge >= 0.3 is 5.97 Å². The van der Waals surface area contributed by atoms with Crippen molar-refractivity contribution in [2.45, 2.75) is 59.2 Å². The number of aryl methyl sites for hydroxylation is 1. The molecule has 0 fully saturated rings. The highest BCUT2D eigenvalue weighted by molar-refractivity contribution is 9.10. The van der Waals surface area contributed by atoms with E-state index >= 15 is 0 Å². The third-order valence-electron chi connectivity index (χ3n) is 3.40. The molecule has 0 unspecified atom stereocenters. The summed E-state index contributed by atoms with van der Waals surface area (Å²) in [5, 5.41) is 0. The Balaban J connectivity index is 3.01. The van der Waals surface area contributed by atoms with Crippen LogP contribution >= 0.6 is 15.9 Å². The molecule has 0 aliphatic rings. The summed E-state index contributed by atoms with van der Waals surface area (Å²) < 4.78 is 6.37. The van der Waals surface area contributed by atoms with Crippen LogP contribution in [0.1, 0.15) is 45.7 Å². The first kappa shape index (κ1) is 18.7. The Kier molecular flexibility index (Phi) is 5.79. The molecule has 0 radical (unpaired) electrons. The summed E-state index contributed by atoms with van der Waals surface area (Å²) in [7, 11) is 0. The fraction of sp³-hybridized carbons (Fsp3) is 0.529. The van der Waals surface area contributed by atoms with E-state index in [1.54, 1.807) is 13.8 Å². The maximum Gasteiger partial charge on any atom is 0.332 e. The number of ether oxygens (including phenoxy) is 1. The predicted octanol–water partition coefficient (Wildman–Crippen LogP) is 3.84. The summed E-state index contributed by atoms with van der Waals surface area (Å²) in [5.74, 6) is -0.417. The highest BCUT2D eigenvalue weighted by atomic mass is 79.9. The lowest BCUT2D eigenvalue weighted by atomic mass is 10.0. The van der Waals surface area contributed by atoms with Crippen LogP contribution < -0.4 is 0 Å². The molecule has 4 nitrogen and oxygen atoms in total. The Hall–Kier alpha value is -1.36. The molecule has 0 aliphatic heterocycles. The number of halogens is 1. The number of carbonyl (C=O) groups excluding carboxylic acids is 2. The molecule has 0 aromatic heterocycles. The quantitative estimate of drug-likeness (QED) is 0.585. The molecule has 22 heavy (non-hydrogen) atoms. The molecule has 0 bridgehead atoms. The van der Waals surface area contributed by atoms with Gasteiger partial charge in [-0.15, -0.1) is 0 Å². The van der Waals surface area contributed by atoms with Gasteiger partial charge in [0, 0.05) is 11.0 Å². The van der Waals surface area contributed by atoms with Gasteiger partial charge in [-0.3, -0.25) is 4.79 Å². The first-order valence-corrected chi connectivity index (χ1v) is 7.97. The van der Waals surface area contributed by atoms with Gasteiger partial charge in [-0.2, -0.15) is 0 Å². The molecule has 0 spiro atoms. The second-order valence-corrected chi connectivity index (χ2v) is 7.78. The third-order valence-corrected chi connectivity index (χ3v) is 3.89. The van der Waals surface area contributed by atoms with Crippen LogP contribution in [-0.4, -0.2) is 28.4 Å². The maximum absolute atomic E-state index is 12.4. The predicted molar refractivity (Wildman–Crippen MR) is 90.4 cm³/mol. The van der Waals surface area contributed by atoms with Gasteiger partial charge in [-0.1, -0.05) is 22.0 Å². The van der Waals surface area contributed by atoms with Crippen LogP contribution in [-0.2, 0) is 20.9 Å². The number of rotatable bonds is 5. The van der Waals surface area contributed by atoms with Crippen LogP contribution in [0.4, 0.5) is 0 Å². The van der Waals surface area contributed by atoms with Gasteiger partial charge in [-0.25, -0.2) is 4.79 Å². The van der Waals surface area contributed by atoms with E-state index in [2.05, 4.69) is 15.9 Å². The van der Waals surface area contributed by atoms with Gasteiger partial charge in [-0.05, 0) is 64.8 Å². The van der Waals surface area contributed by atoms with Crippen molar-refractivity contribution < 1.29 is 14.3 Å². The highest BCUT2D eigenvalue weighted by Crippen LogP contribution is 2.24. The van der Waals surface area contributed by atoms with Gasteiger partial charge < -0.3 is 9.64 Å². The lowest BCUT2D eigenvalue weighted by Gasteiger charge is -2.36. The zero-order valence-electron chi connectivity index (χ0n) is 14.1. The molecule has 0 heterocycles. The summed E-state index contributed by atoms with van der Waals surface area (Å²) in [4.78, 5) is 25.4. The lowest BCUT2D eigenvalue weighted by Crippen LogP contribution is -2.51. The molecular formula is C17H24BrNO3. The van der Waals surface area contributed by atoms with Crippen LogP contribution in [0.3, 0.4) is 0 Å². The Morgan fingerprint density at radius 2 is 1.86 bits per heavy atom. The van der Waals surface area contributed by atoms with Crippen LogP contribution in [0, 0.1) is 6.92 Å². The number of nitrogens with zero attached hydrogens (tertiary/aromatic N) is 1. The number of amides is 1. The average molecular weight is 370 g/mol. The van der Waals surface area contributed by atoms with Gasteiger partial charge in [0.2, 0.25) is 6.41 Å². The number of hydrogen-bond acceptors (Lipinski definition) is 3. The van der Waals surface area contributed by atoms with E-state index in [4.69, 9.17) is 4.74 Å². The molecular weight excluding hydrogens is 346 g/mol. The topological polar surface area (TPSA) is 46.6 Å². The first-order valence-electron chi connectivity index (χ1n) is 7.18. The van der Waals surface area contributed by atoms with E-state index < -0.39 is 17.1 Å². The molecule has 5 heteroatoms. The SMILES string of the molecule is Cc1ccc(Br)cc1CN(C=O)C(C)(C)C(=O)OC(C)(C)C. The van der Waals surface area contributed by atoms with Crippen LogP contribution in [0.5, 0.6) is 0 Å². The summed E-state index contributed by atoms with van der Waals surface area (Å²) in [5.41, 5.74) is 0.423. The van der Waals surface area contributed by atoms with Crippen molar-refractivity contribution in [2.75, 3.05) is 0 Å². The minimum atomic E-state index is -1.04. The fourth-order valence-corrected chi connectivity index (χ4v) is 2.29. The fourth-order valence-electron chi connectivity index (χ4n) is 1.88. The maximum atomic E-state index is 12.4. The molecule has 122 valence electrons. The summed E-state index contributed by atoms with van der Waals surface area (Å²) in [6, 6.07) is 5.88. The highest BCUT2D eigenvalue weighted by Gasteiger charge is 2.38. The van der Waals surface area contributed by atoms with Crippen LogP contribution in [0.25, 0.3) is 0 Å². The van der Waals surface area contributed by atoms with Crippen molar-refractivity contribution in [1.29, 1.82) is 0 Å². The molecule has 1 rings (SSSR count). The number of hydrogen-bond donors (Lipinski definition) is 0. The van der Waals surface area contributed by atoms with Crippen LogP contribution in [0.2, 0.25) is 0 Å².